The van der Waals surface area contributed by atoms with Gasteiger partial charge < -0.3 is 24.6 Å². The van der Waals surface area contributed by atoms with Crippen LogP contribution in [0.25, 0.3) is 28.3 Å². The molecule has 0 bridgehead atoms. The fraction of sp³-hybridized carbons (Fsp3) is 0.259. The van der Waals surface area contributed by atoms with Crippen molar-refractivity contribution in [1.82, 2.24) is 24.2 Å². The molecule has 37 heavy (non-hydrogen) atoms. The number of carboxylic acid groups (broad SMARTS) is 1. The Bertz CT molecular complexity index is 1530. The maximum absolute atomic E-state index is 11.2. The first-order valence-electron chi connectivity index (χ1n) is 12.0. The minimum Gasteiger partial charge on any atom is -0.465 e. The second kappa shape index (κ2) is 8.80. The Kier molecular flexibility index (Phi) is 5.43. The first-order valence-corrected chi connectivity index (χ1v) is 12.0. The number of hydrogen-bond acceptors (Lipinski definition) is 6. The normalized spacial score (nSPS) is 17.9. The van der Waals surface area contributed by atoms with Crippen LogP contribution in [0, 0.1) is 17.2 Å². The summed E-state index contributed by atoms with van der Waals surface area (Å²) < 4.78 is 4.15. The topological polar surface area (TPSA) is 123 Å². The molecule has 2 aliphatic heterocycles. The third-order valence-corrected chi connectivity index (χ3v) is 7.29. The molecule has 10 nitrogen and oxygen atoms in total. The van der Waals surface area contributed by atoms with E-state index in [2.05, 4.69) is 50.1 Å². The lowest BCUT2D eigenvalue weighted by Gasteiger charge is -2.22. The second-order valence-electron chi connectivity index (χ2n) is 9.66. The van der Waals surface area contributed by atoms with E-state index in [1.54, 1.807) is 6.33 Å². The third kappa shape index (κ3) is 3.99. The molecule has 0 unspecified atom stereocenters. The number of aliphatic hydroxyl groups excluding tert-OH is 1. The van der Waals surface area contributed by atoms with Crippen LogP contribution in [0.4, 0.5) is 10.5 Å². The highest BCUT2D eigenvalue weighted by Crippen LogP contribution is 2.35. The summed E-state index contributed by atoms with van der Waals surface area (Å²) in [5.74, 6) is 0.593. The van der Waals surface area contributed by atoms with Crippen molar-refractivity contribution in [2.75, 3.05) is 31.6 Å². The number of nitrogens with zero attached hydrogens (tertiary/aromatic N) is 7. The van der Waals surface area contributed by atoms with E-state index in [9.17, 15) is 15.0 Å². The van der Waals surface area contributed by atoms with Crippen molar-refractivity contribution in [1.29, 1.82) is 5.26 Å². The molecular weight excluding hydrogens is 470 g/mol. The van der Waals surface area contributed by atoms with E-state index in [1.807, 2.05) is 34.9 Å². The molecule has 4 heterocycles. The second-order valence-corrected chi connectivity index (χ2v) is 9.66. The summed E-state index contributed by atoms with van der Waals surface area (Å²) in [6.07, 6.45) is 2.21. The number of aliphatic hydroxyl groups is 1. The smallest absolute Gasteiger partial charge is 0.407 e. The van der Waals surface area contributed by atoms with Gasteiger partial charge in [0.05, 0.1) is 29.1 Å². The van der Waals surface area contributed by atoms with Crippen molar-refractivity contribution in [3.8, 4) is 34.4 Å². The molecule has 6 rings (SSSR count). The minimum absolute atomic E-state index is 0.157. The molecule has 0 radical (unpaired) electrons. The van der Waals surface area contributed by atoms with Crippen molar-refractivity contribution in [3.05, 3.63) is 72.2 Å². The highest BCUT2D eigenvalue weighted by molar-refractivity contribution is 5.72. The molecule has 0 aliphatic carbocycles. The zero-order chi connectivity index (χ0) is 25.7. The molecule has 2 aliphatic rings. The molecule has 4 aromatic rings. The fourth-order valence-electron chi connectivity index (χ4n) is 5.30. The van der Waals surface area contributed by atoms with Crippen LogP contribution >= 0.6 is 0 Å². The van der Waals surface area contributed by atoms with Crippen LogP contribution in [0.5, 0.6) is 0 Å². The van der Waals surface area contributed by atoms with Crippen LogP contribution in [0.3, 0.4) is 0 Å². The number of amides is 1. The summed E-state index contributed by atoms with van der Waals surface area (Å²) in [4.78, 5) is 14.6. The van der Waals surface area contributed by atoms with Gasteiger partial charge in [-0.15, -0.1) is 10.2 Å². The Morgan fingerprint density at radius 2 is 1.97 bits per heavy atom. The van der Waals surface area contributed by atoms with Gasteiger partial charge in [-0.3, -0.25) is 4.57 Å². The summed E-state index contributed by atoms with van der Waals surface area (Å²) in [7, 11) is 1.53. The van der Waals surface area contributed by atoms with E-state index in [-0.39, 0.29) is 12.5 Å². The number of aromatic nitrogens is 4. The summed E-state index contributed by atoms with van der Waals surface area (Å²) in [6.45, 7) is 1.94. The zero-order valence-corrected chi connectivity index (χ0v) is 20.2. The van der Waals surface area contributed by atoms with E-state index in [4.69, 9.17) is 5.26 Å². The van der Waals surface area contributed by atoms with Crippen LogP contribution in [-0.4, -0.2) is 73.3 Å². The summed E-state index contributed by atoms with van der Waals surface area (Å²) >= 11 is 0. The highest BCUT2D eigenvalue weighted by Gasteiger charge is 2.33. The van der Waals surface area contributed by atoms with E-state index < -0.39 is 12.2 Å². The number of fused-ring (bicyclic) bond motifs is 5. The van der Waals surface area contributed by atoms with Gasteiger partial charge in [-0.1, -0.05) is 12.1 Å². The summed E-state index contributed by atoms with van der Waals surface area (Å²) in [6, 6.07) is 18.0. The minimum atomic E-state index is -0.997. The number of carbonyl (C=O) groups is 1. The number of rotatable bonds is 4. The van der Waals surface area contributed by atoms with Gasteiger partial charge in [0.1, 0.15) is 6.33 Å². The van der Waals surface area contributed by atoms with E-state index in [1.165, 1.54) is 11.9 Å². The molecule has 0 spiro atoms. The standard InChI is InChI=1S/C27H25N7O3/c1-31(27(36)37)11-21-14-32(15-25(21)35)22-6-7-23-20(8-22)13-33-12-19(18-4-2-17(10-28)3-5-18)9-24(33)26-30-29-16-34(23)26/h2-9,12,16,21,25,35H,11,13-15H2,1H3,(H,36,37)/t21-,25-/m0/s1. The Morgan fingerprint density at radius 1 is 1.16 bits per heavy atom. The summed E-state index contributed by atoms with van der Waals surface area (Å²) in [5.41, 5.74) is 6.67. The molecule has 1 saturated heterocycles. The van der Waals surface area contributed by atoms with Crippen molar-refractivity contribution >= 4 is 11.8 Å². The van der Waals surface area contributed by atoms with Gasteiger partial charge in [0.15, 0.2) is 5.82 Å². The van der Waals surface area contributed by atoms with Crippen molar-refractivity contribution < 1.29 is 15.0 Å². The molecule has 10 heteroatoms. The highest BCUT2D eigenvalue weighted by atomic mass is 16.4. The number of hydrogen-bond donors (Lipinski definition) is 2. The Balaban J connectivity index is 1.33. The number of nitriles is 1. The quantitative estimate of drug-likeness (QED) is 0.393. The number of anilines is 1. The third-order valence-electron chi connectivity index (χ3n) is 7.29. The number of benzene rings is 2. The predicted octanol–water partition coefficient (Wildman–Crippen LogP) is 3.04. The molecule has 1 amide bonds. The van der Waals surface area contributed by atoms with Crippen LogP contribution in [0.1, 0.15) is 11.1 Å². The van der Waals surface area contributed by atoms with Crippen LogP contribution in [0.15, 0.2) is 61.1 Å². The fourth-order valence-corrected chi connectivity index (χ4v) is 5.30. The van der Waals surface area contributed by atoms with Crippen molar-refractivity contribution in [2.24, 2.45) is 5.92 Å². The van der Waals surface area contributed by atoms with Gasteiger partial charge in [0.25, 0.3) is 0 Å². The first kappa shape index (κ1) is 22.8. The number of β-amino-alcohol motifs (C(OH)–C–C–N with tert-alkyl or cyclic N) is 1. The monoisotopic (exact) mass is 495 g/mol. The molecule has 186 valence electrons. The summed E-state index contributed by atoms with van der Waals surface area (Å²) in [5, 5.41) is 37.5. The van der Waals surface area contributed by atoms with Crippen LogP contribution in [0.2, 0.25) is 0 Å². The molecule has 1 fully saturated rings. The van der Waals surface area contributed by atoms with Crippen molar-refractivity contribution in [2.45, 2.75) is 12.6 Å². The van der Waals surface area contributed by atoms with Gasteiger partial charge in [-0.2, -0.15) is 5.26 Å². The van der Waals surface area contributed by atoms with Crippen LogP contribution < -0.4 is 4.90 Å². The van der Waals surface area contributed by atoms with Gasteiger partial charge >= 0.3 is 6.09 Å². The average Bonchev–Trinajstić information content (AvgIpc) is 3.61. The van der Waals surface area contributed by atoms with E-state index in [0.717, 1.165) is 39.6 Å². The molecule has 0 saturated carbocycles. The zero-order valence-electron chi connectivity index (χ0n) is 20.2. The Hall–Kier alpha value is -4.62. The van der Waals surface area contributed by atoms with E-state index >= 15 is 0 Å². The van der Waals surface area contributed by atoms with Crippen molar-refractivity contribution in [3.63, 3.8) is 0 Å². The van der Waals surface area contributed by atoms with E-state index in [0.29, 0.717) is 25.2 Å². The molecule has 2 atom stereocenters. The lowest BCUT2D eigenvalue weighted by Crippen LogP contribution is -2.35. The molecular formula is C27H25N7O3. The van der Waals surface area contributed by atoms with Crippen LogP contribution in [-0.2, 0) is 6.54 Å². The molecule has 2 aromatic carbocycles. The largest absolute Gasteiger partial charge is 0.465 e. The van der Waals surface area contributed by atoms with Gasteiger partial charge in [0, 0.05) is 56.6 Å². The SMILES string of the molecule is CN(C[C@H]1CN(c2ccc3c(c2)Cn2cc(-c4ccc(C#N)cc4)cc2-c2nncn2-3)C[C@@H]1O)C(=O)O. The Morgan fingerprint density at radius 3 is 2.73 bits per heavy atom. The van der Waals surface area contributed by atoms with Gasteiger partial charge in [-0.05, 0) is 47.5 Å². The predicted molar refractivity (Wildman–Crippen MR) is 136 cm³/mol. The van der Waals surface area contributed by atoms with Gasteiger partial charge in [-0.25, -0.2) is 4.79 Å². The van der Waals surface area contributed by atoms with Gasteiger partial charge in [0.2, 0.25) is 0 Å². The lowest BCUT2D eigenvalue weighted by atomic mass is 10.1. The Labute approximate surface area is 213 Å². The maximum Gasteiger partial charge on any atom is 0.407 e. The first-order chi connectivity index (χ1) is 17.9. The molecule has 2 aromatic heterocycles. The maximum atomic E-state index is 11.2. The average molecular weight is 496 g/mol. The lowest BCUT2D eigenvalue weighted by molar-refractivity contribution is 0.112. The molecule has 2 N–H and O–H groups in total.